The molecule has 1 saturated heterocycles. The minimum Gasteiger partial charge on any atom is -0.348 e. The van der Waals surface area contributed by atoms with E-state index in [2.05, 4.69) is 18.7 Å². The zero-order valence-corrected chi connectivity index (χ0v) is 16.5. The van der Waals surface area contributed by atoms with E-state index < -0.39 is 0 Å². The molecule has 8 nitrogen and oxygen atoms in total. The Morgan fingerprint density at radius 2 is 1.92 bits per heavy atom. The fraction of sp³-hybridized carbons (Fsp3) is 1.00. The number of hydrogen-bond acceptors (Lipinski definition) is 7. The summed E-state index contributed by atoms with van der Waals surface area (Å²) in [6.45, 7) is 7.17. The summed E-state index contributed by atoms with van der Waals surface area (Å²) in [5, 5.41) is 10.9. The molecule has 4 unspecified atom stereocenters. The lowest BCUT2D eigenvalue weighted by Gasteiger charge is -2.40. The Morgan fingerprint density at radius 1 is 1.23 bits per heavy atom. The molecule has 152 valence electrons. The molecule has 1 heterocycles. The summed E-state index contributed by atoms with van der Waals surface area (Å²) in [6.07, 6.45) is 4.19. The maximum atomic E-state index is 10.9. The number of rotatable bonds is 9. The van der Waals surface area contributed by atoms with Gasteiger partial charge in [0.05, 0.1) is 18.8 Å². The van der Waals surface area contributed by atoms with Crippen LogP contribution in [0.1, 0.15) is 59.3 Å². The van der Waals surface area contributed by atoms with Crippen LogP contribution in [0.3, 0.4) is 0 Å². The Labute approximate surface area is 156 Å². The molecule has 8 heteroatoms. The van der Waals surface area contributed by atoms with Crippen molar-refractivity contribution in [3.63, 3.8) is 0 Å². The number of nitro groups is 1. The third-order valence-electron chi connectivity index (χ3n) is 5.43. The van der Waals surface area contributed by atoms with E-state index in [1.165, 1.54) is 0 Å². The van der Waals surface area contributed by atoms with Gasteiger partial charge in [0, 0.05) is 36.8 Å². The first kappa shape index (κ1) is 21.5. The average Bonchev–Trinajstić information content (AvgIpc) is 2.62. The summed E-state index contributed by atoms with van der Waals surface area (Å²) in [6, 6.07) is -0.0389. The smallest absolute Gasteiger partial charge is 0.213 e. The lowest BCUT2D eigenvalue weighted by molar-refractivity contribution is -0.526. The van der Waals surface area contributed by atoms with Crippen molar-refractivity contribution >= 4 is 0 Å². The van der Waals surface area contributed by atoms with Gasteiger partial charge in [-0.3, -0.25) is 15.0 Å². The minimum atomic E-state index is -0.382. The third kappa shape index (κ3) is 6.13. The van der Waals surface area contributed by atoms with Crippen LogP contribution < -0.4 is 0 Å². The van der Waals surface area contributed by atoms with Crippen LogP contribution >= 0.6 is 0 Å². The topological polar surface area (TPSA) is 83.3 Å². The van der Waals surface area contributed by atoms with Crippen molar-refractivity contribution in [2.45, 2.75) is 96.0 Å². The lowest BCUT2D eigenvalue weighted by atomic mass is 9.91. The molecule has 4 atom stereocenters. The second-order valence-corrected chi connectivity index (χ2v) is 7.42. The number of nitrogens with zero attached hydrogens (tertiary/aromatic N) is 2. The fourth-order valence-electron chi connectivity index (χ4n) is 3.89. The number of likely N-dealkylation sites (N-methyl/N-ethyl adjacent to an activating group) is 1. The van der Waals surface area contributed by atoms with Crippen LogP contribution in [0.5, 0.6) is 0 Å². The minimum absolute atomic E-state index is 0.0566. The molecular formula is C18H34N2O6. The molecule has 0 N–H and O–H groups in total. The highest BCUT2D eigenvalue weighted by atomic mass is 17.2. The zero-order valence-electron chi connectivity index (χ0n) is 16.5. The molecule has 0 spiro atoms. The lowest BCUT2D eigenvalue weighted by Crippen LogP contribution is -2.49. The zero-order chi connectivity index (χ0) is 19.1. The van der Waals surface area contributed by atoms with E-state index in [9.17, 15) is 10.1 Å². The monoisotopic (exact) mass is 374 g/mol. The SMILES string of the molecule is CCOOC(CC)C1CC(C)OC(CN(C)C2CCC([N+](=O)[O-])CC2)O1. The van der Waals surface area contributed by atoms with Crippen molar-refractivity contribution in [3.8, 4) is 0 Å². The Morgan fingerprint density at radius 3 is 2.50 bits per heavy atom. The predicted octanol–water partition coefficient (Wildman–Crippen LogP) is 2.77. The Balaban J connectivity index is 1.84. The van der Waals surface area contributed by atoms with Crippen LogP contribution in [0.15, 0.2) is 0 Å². The molecule has 0 amide bonds. The van der Waals surface area contributed by atoms with Gasteiger partial charge < -0.3 is 9.47 Å². The molecule has 0 aromatic carbocycles. The molecule has 2 fully saturated rings. The second kappa shape index (κ2) is 10.5. The first-order valence-electron chi connectivity index (χ1n) is 9.87. The average molecular weight is 374 g/mol. The van der Waals surface area contributed by atoms with Crippen molar-refractivity contribution < 1.29 is 24.2 Å². The van der Waals surface area contributed by atoms with Crippen molar-refractivity contribution in [3.05, 3.63) is 10.1 Å². The summed E-state index contributed by atoms with van der Waals surface area (Å²) in [4.78, 5) is 23.6. The summed E-state index contributed by atoms with van der Waals surface area (Å²) in [5.74, 6) is 0. The van der Waals surface area contributed by atoms with Gasteiger partial charge in [0.25, 0.3) is 0 Å². The van der Waals surface area contributed by atoms with Gasteiger partial charge in [0.2, 0.25) is 6.04 Å². The molecule has 26 heavy (non-hydrogen) atoms. The normalized spacial score (nSPS) is 34.0. The Bertz CT molecular complexity index is 430. The van der Waals surface area contributed by atoms with E-state index in [1.54, 1.807) is 0 Å². The van der Waals surface area contributed by atoms with Crippen molar-refractivity contribution in [1.29, 1.82) is 0 Å². The van der Waals surface area contributed by atoms with Gasteiger partial charge in [-0.25, -0.2) is 9.78 Å². The summed E-state index contributed by atoms with van der Waals surface area (Å²) < 4.78 is 12.1. The molecule has 1 aliphatic heterocycles. The van der Waals surface area contributed by atoms with Crippen LogP contribution in [-0.4, -0.2) is 66.7 Å². The van der Waals surface area contributed by atoms with Gasteiger partial charge in [-0.1, -0.05) is 6.92 Å². The van der Waals surface area contributed by atoms with Crippen LogP contribution in [0, 0.1) is 10.1 Å². The molecule has 0 aromatic heterocycles. The molecule has 0 aromatic rings. The maximum Gasteiger partial charge on any atom is 0.213 e. The van der Waals surface area contributed by atoms with E-state index in [0.717, 1.165) is 25.7 Å². The van der Waals surface area contributed by atoms with Gasteiger partial charge in [0.15, 0.2) is 6.29 Å². The quantitative estimate of drug-likeness (QED) is 0.348. The summed E-state index contributed by atoms with van der Waals surface area (Å²) in [5.41, 5.74) is 0. The maximum absolute atomic E-state index is 10.9. The second-order valence-electron chi connectivity index (χ2n) is 7.42. The van der Waals surface area contributed by atoms with E-state index in [1.807, 2.05) is 14.0 Å². The van der Waals surface area contributed by atoms with Crippen LogP contribution in [0.25, 0.3) is 0 Å². The van der Waals surface area contributed by atoms with E-state index in [4.69, 9.17) is 19.2 Å². The third-order valence-corrected chi connectivity index (χ3v) is 5.43. The van der Waals surface area contributed by atoms with Gasteiger partial charge in [-0.15, -0.1) is 0 Å². The molecule has 1 aliphatic carbocycles. The van der Waals surface area contributed by atoms with Gasteiger partial charge in [-0.2, -0.15) is 0 Å². The van der Waals surface area contributed by atoms with Crippen molar-refractivity contribution in [2.75, 3.05) is 20.2 Å². The van der Waals surface area contributed by atoms with Crippen LogP contribution in [0.2, 0.25) is 0 Å². The highest BCUT2D eigenvalue weighted by molar-refractivity contribution is 4.81. The van der Waals surface area contributed by atoms with Gasteiger partial charge in [0.1, 0.15) is 6.10 Å². The number of ether oxygens (including phenoxy) is 2. The first-order valence-corrected chi connectivity index (χ1v) is 9.87. The van der Waals surface area contributed by atoms with E-state index in [0.29, 0.717) is 32.0 Å². The Hall–Kier alpha value is -0.800. The standard InChI is InChI=1S/C18H34N2O6/c1-5-16(26-23-6-2)17-11-13(3)24-18(25-17)12-19(4)14-7-9-15(10-8-14)20(21)22/h13-18H,5-12H2,1-4H3. The van der Waals surface area contributed by atoms with E-state index in [-0.39, 0.29) is 35.6 Å². The van der Waals surface area contributed by atoms with Gasteiger partial charge in [-0.05, 0) is 40.2 Å². The first-order chi connectivity index (χ1) is 12.4. The largest absolute Gasteiger partial charge is 0.348 e. The molecule has 1 saturated carbocycles. The summed E-state index contributed by atoms with van der Waals surface area (Å²) in [7, 11) is 2.05. The predicted molar refractivity (Wildman–Crippen MR) is 96.3 cm³/mol. The van der Waals surface area contributed by atoms with E-state index >= 15 is 0 Å². The van der Waals surface area contributed by atoms with Crippen molar-refractivity contribution in [1.82, 2.24) is 4.90 Å². The summed E-state index contributed by atoms with van der Waals surface area (Å²) >= 11 is 0. The van der Waals surface area contributed by atoms with Gasteiger partial charge >= 0.3 is 0 Å². The number of hydrogen-bond donors (Lipinski definition) is 0. The van der Waals surface area contributed by atoms with Crippen molar-refractivity contribution in [2.24, 2.45) is 0 Å². The fourth-order valence-corrected chi connectivity index (χ4v) is 3.89. The molecular weight excluding hydrogens is 340 g/mol. The highest BCUT2D eigenvalue weighted by Gasteiger charge is 2.36. The molecule has 0 radical (unpaired) electrons. The van der Waals surface area contributed by atoms with Crippen LogP contribution in [0.4, 0.5) is 0 Å². The molecule has 0 bridgehead atoms. The molecule has 2 rings (SSSR count). The molecule has 2 aliphatic rings. The highest BCUT2D eigenvalue weighted by Crippen LogP contribution is 2.27. The van der Waals surface area contributed by atoms with Crippen LogP contribution in [-0.2, 0) is 19.2 Å². The Kier molecular flexibility index (Phi) is 8.69.